The second-order valence-electron chi connectivity index (χ2n) is 5.25. The van der Waals surface area contributed by atoms with Gasteiger partial charge in [0.15, 0.2) is 0 Å². The van der Waals surface area contributed by atoms with Crippen molar-refractivity contribution in [1.29, 1.82) is 0 Å². The molecule has 0 aliphatic heterocycles. The Hall–Kier alpha value is -0.840. The highest BCUT2D eigenvalue weighted by Gasteiger charge is 2.34. The van der Waals surface area contributed by atoms with Gasteiger partial charge in [0, 0.05) is 17.3 Å². The maximum absolute atomic E-state index is 12.7. The van der Waals surface area contributed by atoms with E-state index in [0.717, 1.165) is 28.5 Å². The molecule has 2 unspecified atom stereocenters. The Balaban J connectivity index is 2.07. The van der Waals surface area contributed by atoms with E-state index in [1.54, 1.807) is 6.08 Å². The molecule has 0 spiro atoms. The van der Waals surface area contributed by atoms with Crippen LogP contribution in [0.25, 0.3) is 0 Å². The van der Waals surface area contributed by atoms with Crippen molar-refractivity contribution in [3.05, 3.63) is 34.0 Å². The van der Waals surface area contributed by atoms with E-state index in [1.165, 1.54) is 11.3 Å². The minimum absolute atomic E-state index is 0.0791. The third-order valence-corrected chi connectivity index (χ3v) is 5.13. The molecule has 1 saturated carbocycles. The standard InChI is InChI=1S/C15H21ClN2OS/c1-2-8-18(10-12-6-7-14(16)20-12)15(19)13-5-3-4-11(13)9-17/h2,6-7,11,13H,1,3-5,8-10,17H2. The minimum atomic E-state index is 0.0791. The van der Waals surface area contributed by atoms with Crippen LogP contribution in [0.15, 0.2) is 24.8 Å². The molecule has 3 nitrogen and oxygen atoms in total. The van der Waals surface area contributed by atoms with Gasteiger partial charge in [0.1, 0.15) is 0 Å². The first kappa shape index (κ1) is 15.5. The molecule has 0 radical (unpaired) electrons. The van der Waals surface area contributed by atoms with Gasteiger partial charge >= 0.3 is 0 Å². The summed E-state index contributed by atoms with van der Waals surface area (Å²) in [6.45, 7) is 5.53. The molecule has 1 amide bonds. The van der Waals surface area contributed by atoms with Crippen molar-refractivity contribution in [2.75, 3.05) is 13.1 Å². The molecule has 1 aromatic heterocycles. The molecule has 2 rings (SSSR count). The van der Waals surface area contributed by atoms with Gasteiger partial charge in [0.25, 0.3) is 0 Å². The number of halogens is 1. The second-order valence-corrected chi connectivity index (χ2v) is 7.05. The van der Waals surface area contributed by atoms with Crippen LogP contribution < -0.4 is 5.73 Å². The van der Waals surface area contributed by atoms with E-state index < -0.39 is 0 Å². The van der Waals surface area contributed by atoms with Crippen molar-refractivity contribution in [3.8, 4) is 0 Å². The first-order valence-electron chi connectivity index (χ1n) is 6.99. The van der Waals surface area contributed by atoms with Crippen LogP contribution in [0.2, 0.25) is 4.34 Å². The van der Waals surface area contributed by atoms with Crippen molar-refractivity contribution in [3.63, 3.8) is 0 Å². The van der Waals surface area contributed by atoms with Gasteiger partial charge in [-0.2, -0.15) is 0 Å². The Morgan fingerprint density at radius 1 is 1.55 bits per heavy atom. The molecular weight excluding hydrogens is 292 g/mol. The fourth-order valence-corrected chi connectivity index (χ4v) is 3.99. The number of amides is 1. The van der Waals surface area contributed by atoms with E-state index >= 15 is 0 Å². The molecule has 0 saturated heterocycles. The van der Waals surface area contributed by atoms with E-state index in [4.69, 9.17) is 17.3 Å². The van der Waals surface area contributed by atoms with Gasteiger partial charge in [-0.3, -0.25) is 4.79 Å². The lowest BCUT2D eigenvalue weighted by Gasteiger charge is -2.26. The predicted octanol–water partition coefficient (Wildman–Crippen LogP) is 3.29. The Morgan fingerprint density at radius 3 is 2.95 bits per heavy atom. The third-order valence-electron chi connectivity index (χ3n) is 3.92. The van der Waals surface area contributed by atoms with Crippen molar-refractivity contribution in [2.24, 2.45) is 17.6 Å². The van der Waals surface area contributed by atoms with E-state index in [0.29, 0.717) is 25.6 Å². The van der Waals surface area contributed by atoms with E-state index in [-0.39, 0.29) is 11.8 Å². The Labute approximate surface area is 129 Å². The summed E-state index contributed by atoms with van der Waals surface area (Å²) in [5, 5.41) is 0. The summed E-state index contributed by atoms with van der Waals surface area (Å²) >= 11 is 7.47. The van der Waals surface area contributed by atoms with Crippen LogP contribution in [0.5, 0.6) is 0 Å². The topological polar surface area (TPSA) is 46.3 Å². The van der Waals surface area contributed by atoms with Gasteiger partial charge in [0.2, 0.25) is 5.91 Å². The molecule has 0 aromatic carbocycles. The first-order chi connectivity index (χ1) is 9.65. The van der Waals surface area contributed by atoms with Crippen molar-refractivity contribution < 1.29 is 4.79 Å². The molecule has 0 bridgehead atoms. The number of carbonyl (C=O) groups excluding carboxylic acids is 1. The number of carbonyl (C=O) groups is 1. The molecular formula is C15H21ClN2OS. The van der Waals surface area contributed by atoms with Gasteiger partial charge in [-0.05, 0) is 37.4 Å². The summed E-state index contributed by atoms with van der Waals surface area (Å²) in [5.74, 6) is 0.625. The zero-order chi connectivity index (χ0) is 14.5. The Kier molecular flexibility index (Phi) is 5.64. The largest absolute Gasteiger partial charge is 0.334 e. The molecule has 1 aliphatic rings. The summed E-state index contributed by atoms with van der Waals surface area (Å²) in [6, 6.07) is 3.85. The maximum Gasteiger partial charge on any atom is 0.226 e. The fourth-order valence-electron chi connectivity index (χ4n) is 2.89. The quantitative estimate of drug-likeness (QED) is 0.819. The molecule has 2 N–H and O–H groups in total. The zero-order valence-corrected chi connectivity index (χ0v) is 13.1. The van der Waals surface area contributed by atoms with Gasteiger partial charge in [0.05, 0.1) is 10.9 Å². The molecule has 2 atom stereocenters. The molecule has 1 aromatic rings. The van der Waals surface area contributed by atoms with Gasteiger partial charge in [-0.25, -0.2) is 0 Å². The number of rotatable bonds is 6. The van der Waals surface area contributed by atoms with E-state index in [9.17, 15) is 4.79 Å². The first-order valence-corrected chi connectivity index (χ1v) is 8.19. The highest BCUT2D eigenvalue weighted by Crippen LogP contribution is 2.33. The van der Waals surface area contributed by atoms with Crippen LogP contribution in [0, 0.1) is 11.8 Å². The summed E-state index contributed by atoms with van der Waals surface area (Å²) in [4.78, 5) is 15.7. The summed E-state index contributed by atoms with van der Waals surface area (Å²) in [6.07, 6.45) is 4.91. The average molecular weight is 313 g/mol. The smallest absolute Gasteiger partial charge is 0.226 e. The zero-order valence-electron chi connectivity index (χ0n) is 11.6. The molecule has 20 heavy (non-hydrogen) atoms. The maximum atomic E-state index is 12.7. The van der Waals surface area contributed by atoms with Crippen molar-refractivity contribution in [1.82, 2.24) is 4.90 Å². The number of thiophene rings is 1. The van der Waals surface area contributed by atoms with Crippen LogP contribution >= 0.6 is 22.9 Å². The molecule has 110 valence electrons. The SMILES string of the molecule is C=CCN(Cc1ccc(Cl)s1)C(=O)C1CCCC1CN. The number of hydrogen-bond donors (Lipinski definition) is 1. The van der Waals surface area contributed by atoms with E-state index in [2.05, 4.69) is 6.58 Å². The Bertz CT molecular complexity index is 474. The van der Waals surface area contributed by atoms with Crippen molar-refractivity contribution >= 4 is 28.8 Å². The average Bonchev–Trinajstić information content (AvgIpc) is 3.06. The second kappa shape index (κ2) is 7.25. The highest BCUT2D eigenvalue weighted by atomic mass is 35.5. The van der Waals surface area contributed by atoms with E-state index in [1.807, 2.05) is 17.0 Å². The molecule has 5 heteroatoms. The Morgan fingerprint density at radius 2 is 2.35 bits per heavy atom. The monoisotopic (exact) mass is 312 g/mol. The molecule has 1 heterocycles. The number of nitrogens with zero attached hydrogens (tertiary/aromatic N) is 1. The summed E-state index contributed by atoms with van der Waals surface area (Å²) < 4.78 is 0.756. The lowest BCUT2D eigenvalue weighted by Crippen LogP contribution is -2.38. The normalized spacial score (nSPS) is 21.9. The van der Waals surface area contributed by atoms with Gasteiger partial charge in [-0.15, -0.1) is 17.9 Å². The van der Waals surface area contributed by atoms with Crippen LogP contribution in [0.1, 0.15) is 24.1 Å². The van der Waals surface area contributed by atoms with Crippen LogP contribution in [0.3, 0.4) is 0 Å². The predicted molar refractivity (Wildman–Crippen MR) is 84.8 cm³/mol. The van der Waals surface area contributed by atoms with Crippen LogP contribution in [-0.4, -0.2) is 23.9 Å². The van der Waals surface area contributed by atoms with Gasteiger partial charge in [-0.1, -0.05) is 24.1 Å². The lowest BCUT2D eigenvalue weighted by atomic mass is 9.94. The van der Waals surface area contributed by atoms with Gasteiger partial charge < -0.3 is 10.6 Å². The third kappa shape index (κ3) is 3.62. The van der Waals surface area contributed by atoms with Crippen LogP contribution in [0.4, 0.5) is 0 Å². The highest BCUT2D eigenvalue weighted by molar-refractivity contribution is 7.16. The van der Waals surface area contributed by atoms with Crippen molar-refractivity contribution in [2.45, 2.75) is 25.8 Å². The molecule has 1 fully saturated rings. The minimum Gasteiger partial charge on any atom is -0.334 e. The molecule has 1 aliphatic carbocycles. The lowest BCUT2D eigenvalue weighted by molar-refractivity contribution is -0.136. The summed E-state index contributed by atoms with van der Waals surface area (Å²) in [7, 11) is 0. The summed E-state index contributed by atoms with van der Waals surface area (Å²) in [5.41, 5.74) is 5.79. The number of nitrogens with two attached hydrogens (primary N) is 1. The number of hydrogen-bond acceptors (Lipinski definition) is 3. The fraction of sp³-hybridized carbons (Fsp3) is 0.533. The van der Waals surface area contributed by atoms with Crippen LogP contribution in [-0.2, 0) is 11.3 Å².